The second kappa shape index (κ2) is 44.9. The molecule has 9 heterocycles. The Kier molecular flexibility index (Phi) is 40.4. The molecular formula is C50H80N22O9. The molecule has 31 nitrogen and oxygen atoms in total. The number of nitrogens with zero attached hydrogens (tertiary/aromatic N) is 10. The molecule has 0 radical (unpaired) electrons. The van der Waals surface area contributed by atoms with Crippen molar-refractivity contribution in [2.24, 2.45) is 45.1 Å². The van der Waals surface area contributed by atoms with Gasteiger partial charge in [-0.2, -0.15) is 5.26 Å². The van der Waals surface area contributed by atoms with Crippen LogP contribution in [0.25, 0.3) is 0 Å². The summed E-state index contributed by atoms with van der Waals surface area (Å²) in [6.07, 6.45) is 21.2. The number of carbonyl (C=O) groups is 8. The van der Waals surface area contributed by atoms with Crippen molar-refractivity contribution >= 4 is 59.4 Å². The number of urea groups is 2. The second-order valence-electron chi connectivity index (χ2n) is 17.0. The first-order valence-electron chi connectivity index (χ1n) is 24.9. The number of aromatic amines is 2. The van der Waals surface area contributed by atoms with Gasteiger partial charge in [-0.3, -0.25) is 49.1 Å². The molecule has 0 unspecified atom stereocenters. The number of guanidine groups is 2. The molecule has 5 fully saturated rings. The first kappa shape index (κ1) is 72.9. The van der Waals surface area contributed by atoms with Gasteiger partial charge in [0.25, 0.3) is 5.91 Å². The molecule has 81 heavy (non-hydrogen) atoms. The van der Waals surface area contributed by atoms with E-state index in [2.05, 4.69) is 52.0 Å². The number of rotatable bonds is 3. The van der Waals surface area contributed by atoms with Crippen LogP contribution in [0.15, 0.2) is 95.6 Å². The molecule has 5 saturated heterocycles. The number of primary amides is 3. The monoisotopic (exact) mass is 1130 g/mol. The molecule has 0 bridgehead atoms. The number of likely N-dealkylation sites (tertiary alicyclic amines) is 3. The summed E-state index contributed by atoms with van der Waals surface area (Å²) in [7, 11) is 9.21. The molecule has 31 heteroatoms. The van der Waals surface area contributed by atoms with Gasteiger partial charge in [0.1, 0.15) is 5.69 Å². The van der Waals surface area contributed by atoms with Gasteiger partial charge in [-0.25, -0.2) is 14.4 Å². The Labute approximate surface area is 470 Å². The minimum absolute atomic E-state index is 0.0463. The Bertz CT molecular complexity index is 2430. The summed E-state index contributed by atoms with van der Waals surface area (Å²) in [6, 6.07) is 11.5. The summed E-state index contributed by atoms with van der Waals surface area (Å²) >= 11 is 0. The fourth-order valence-corrected chi connectivity index (χ4v) is 5.91. The van der Waals surface area contributed by atoms with Crippen molar-refractivity contribution in [3.8, 4) is 6.19 Å². The highest BCUT2D eigenvalue weighted by atomic mass is 16.2. The number of piperidine rings is 1. The number of nitrogens with one attached hydrogen (secondary N) is 5. The first-order chi connectivity index (χ1) is 38.3. The lowest BCUT2D eigenvalue weighted by molar-refractivity contribution is -0.132. The van der Waals surface area contributed by atoms with Gasteiger partial charge in [0.2, 0.25) is 41.7 Å². The van der Waals surface area contributed by atoms with Gasteiger partial charge in [-0.05, 0) is 68.5 Å². The smallest absolute Gasteiger partial charge is 0.322 e. The number of aliphatic imine (C=N–C) groups is 1. The average Bonchev–Trinajstić information content (AvgIpc) is 4.26. The van der Waals surface area contributed by atoms with Crippen LogP contribution >= 0.6 is 0 Å². The van der Waals surface area contributed by atoms with E-state index in [4.69, 9.17) is 39.3 Å². The molecule has 444 valence electrons. The van der Waals surface area contributed by atoms with Gasteiger partial charge < -0.3 is 85.2 Å². The molecule has 5 aliphatic rings. The number of hydrogen-bond donors (Lipinski definition) is 12. The van der Waals surface area contributed by atoms with Crippen LogP contribution in [0.4, 0.5) is 9.59 Å². The molecule has 0 aliphatic carbocycles. The lowest BCUT2D eigenvalue weighted by atomic mass is 10.1. The molecular weight excluding hydrogens is 1050 g/mol. The van der Waals surface area contributed by atoms with Crippen LogP contribution in [0.5, 0.6) is 0 Å². The maximum Gasteiger partial charge on any atom is 0.322 e. The van der Waals surface area contributed by atoms with Crippen molar-refractivity contribution in [3.63, 3.8) is 0 Å². The maximum atomic E-state index is 10.9. The molecule has 0 atom stereocenters. The number of carbonyl (C=O) groups excluding carboxylic acids is 8. The number of pyridine rings is 3. The molecule has 0 aromatic carbocycles. The van der Waals surface area contributed by atoms with Crippen molar-refractivity contribution in [1.29, 1.82) is 10.7 Å². The average molecular weight is 1130 g/mol. The third-order valence-corrected chi connectivity index (χ3v) is 10.3. The van der Waals surface area contributed by atoms with E-state index in [1.807, 2.05) is 40.1 Å². The van der Waals surface area contributed by atoms with Gasteiger partial charge in [-0.1, -0.05) is 12.5 Å². The fourth-order valence-electron chi connectivity index (χ4n) is 5.91. The summed E-state index contributed by atoms with van der Waals surface area (Å²) in [5, 5.41) is 18.8. The van der Waals surface area contributed by atoms with E-state index in [-0.39, 0.29) is 29.7 Å². The summed E-state index contributed by atoms with van der Waals surface area (Å²) in [4.78, 5) is 122. The largest absolute Gasteiger partial charge is 0.370 e. The number of hydrogen-bond acceptors (Lipinski definition) is 15. The van der Waals surface area contributed by atoms with Crippen LogP contribution in [0.3, 0.4) is 0 Å². The van der Waals surface area contributed by atoms with Crippen molar-refractivity contribution in [3.05, 3.63) is 113 Å². The van der Waals surface area contributed by atoms with Crippen LogP contribution in [0.2, 0.25) is 0 Å². The number of nitriles is 1. The SMILES string of the molecule is CN1CCCC1=O.CN1CCCCC1=O.CN1CCCCCC1=O.CN1CCN(C)C1=O.N#CN=C(N)N.N=C(N)N.NC(=O)c1ccccn1.NC(=O)c1cccnc1.NC(=O)c1ccncc1.O=C1NCCN1.O=c1[nH]cc[nH]1. The van der Waals surface area contributed by atoms with Gasteiger partial charge in [0.05, 0.1) is 5.56 Å². The van der Waals surface area contributed by atoms with E-state index in [0.717, 1.165) is 84.3 Å². The van der Waals surface area contributed by atoms with E-state index in [1.165, 1.54) is 50.2 Å². The van der Waals surface area contributed by atoms with Crippen molar-refractivity contribution in [2.75, 3.05) is 81.1 Å². The predicted octanol–water partition coefficient (Wildman–Crippen LogP) is -1.01. The maximum absolute atomic E-state index is 10.9. The zero-order chi connectivity index (χ0) is 61.5. The highest BCUT2D eigenvalue weighted by molar-refractivity contribution is 5.93. The highest BCUT2D eigenvalue weighted by Gasteiger charge is 2.20. The normalized spacial score (nSPS) is 14.2. The Morgan fingerprint density at radius 2 is 1.02 bits per heavy atom. The summed E-state index contributed by atoms with van der Waals surface area (Å²) in [6.45, 7) is 6.17. The van der Waals surface area contributed by atoms with Crippen LogP contribution in [-0.4, -0.2) is 190 Å². The van der Waals surface area contributed by atoms with E-state index < -0.39 is 17.7 Å². The lowest BCUT2D eigenvalue weighted by Crippen LogP contribution is -2.31. The number of likely N-dealkylation sites (N-methyl/N-ethyl adjacent to an activating group) is 2. The number of imidazole rings is 1. The zero-order valence-electron chi connectivity index (χ0n) is 46.6. The molecule has 0 saturated carbocycles. The standard InChI is InChI=1S/C7H13NO.3C6H6N2O.C6H11NO.C5H10N2O.C5H9NO.C3H6N2O.C3H4N2O.C2H4N4.CH5N3/c1-8-6-4-2-3-5-7(8)9;7-6(9)5-1-3-8-4-2-5;7-6(9)5-2-1-3-8-4-5;7-6(9)5-3-1-2-4-8-5;1-7-5-3-2-4-6(7)8;1-6-3-4-7(2)5(6)8;1-6-4-2-3-5(6)7;2*6-3-4-1-2-5-3;3-1-6-2(4)5;2-1(3)4/h2-6H2,1H3;3*1-4H,(H2,7,9);2-5H2,1H3;3-4H2,1-2H3;2-4H2,1H3;1-2H2,(H2,4,5,6);1-2H,(H2,4,5,6);(H4,4,5,6);(H5,2,3,4). The molecule has 10 amide bonds. The molecule has 4 aromatic heterocycles. The zero-order valence-corrected chi connectivity index (χ0v) is 46.6. The number of H-pyrrole nitrogens is 2. The number of aromatic nitrogens is 5. The summed E-state index contributed by atoms with van der Waals surface area (Å²) in [5.41, 5.74) is 34.2. The Morgan fingerprint density at radius 3 is 1.30 bits per heavy atom. The van der Waals surface area contributed by atoms with Gasteiger partial charge >= 0.3 is 17.8 Å². The van der Waals surface area contributed by atoms with E-state index in [9.17, 15) is 43.2 Å². The third-order valence-electron chi connectivity index (χ3n) is 10.3. The van der Waals surface area contributed by atoms with Crippen molar-refractivity contribution < 1.29 is 38.4 Å². The predicted molar refractivity (Wildman–Crippen MR) is 304 cm³/mol. The molecule has 0 spiro atoms. The van der Waals surface area contributed by atoms with Crippen molar-refractivity contribution in [2.45, 2.75) is 57.8 Å². The minimum Gasteiger partial charge on any atom is -0.370 e. The van der Waals surface area contributed by atoms with Crippen LogP contribution < -0.4 is 56.5 Å². The Hall–Kier alpha value is -10.2. The van der Waals surface area contributed by atoms with Crippen molar-refractivity contribution in [1.82, 2.24) is 60.1 Å². The third kappa shape index (κ3) is 40.7. The lowest BCUT2D eigenvalue weighted by Gasteiger charge is -2.21. The highest BCUT2D eigenvalue weighted by Crippen LogP contribution is 2.09. The second-order valence-corrected chi connectivity index (χ2v) is 17.0. The summed E-state index contributed by atoms with van der Waals surface area (Å²) < 4.78 is 0. The number of amides is 10. The molecule has 19 N–H and O–H groups in total. The Balaban J connectivity index is 0. The Morgan fingerprint density at radius 1 is 0.556 bits per heavy atom. The quantitative estimate of drug-likeness (QED) is 0.0664. The minimum atomic E-state index is -0.490. The van der Waals surface area contributed by atoms with Gasteiger partial charge in [0, 0.05) is 149 Å². The van der Waals surface area contributed by atoms with Gasteiger partial charge in [-0.15, -0.1) is 4.99 Å². The van der Waals surface area contributed by atoms with Crippen LogP contribution in [0.1, 0.15) is 89.0 Å². The van der Waals surface area contributed by atoms with Crippen LogP contribution in [-0.2, 0) is 14.4 Å². The summed E-state index contributed by atoms with van der Waals surface area (Å²) in [5.74, 6) is -0.975. The molecule has 5 aliphatic heterocycles. The first-order valence-corrected chi connectivity index (χ1v) is 24.9. The molecule has 9 rings (SSSR count). The van der Waals surface area contributed by atoms with E-state index in [0.29, 0.717) is 34.5 Å². The number of nitrogens with two attached hydrogens (primary N) is 7. The van der Waals surface area contributed by atoms with E-state index >= 15 is 0 Å². The van der Waals surface area contributed by atoms with Gasteiger partial charge in [0.15, 0.2) is 5.96 Å². The molecule has 4 aromatic rings. The van der Waals surface area contributed by atoms with Crippen LogP contribution in [0, 0.1) is 16.9 Å². The van der Waals surface area contributed by atoms with E-state index in [1.54, 1.807) is 80.7 Å². The topological polar surface area (TPSA) is 506 Å². The fraction of sp³-hybridized carbons (Fsp3) is 0.420.